The second-order valence-corrected chi connectivity index (χ2v) is 5.53. The van der Waals surface area contributed by atoms with Gasteiger partial charge in [0.25, 0.3) is 0 Å². The Hall–Kier alpha value is -2.76. The van der Waals surface area contributed by atoms with Crippen LogP contribution < -0.4 is 4.90 Å². The molecule has 0 radical (unpaired) electrons. The molecule has 1 aliphatic heterocycles. The van der Waals surface area contributed by atoms with Gasteiger partial charge in [0.2, 0.25) is 0 Å². The number of aromatic hydroxyl groups is 1. The van der Waals surface area contributed by atoms with Crippen molar-refractivity contribution in [2.24, 2.45) is 0 Å². The van der Waals surface area contributed by atoms with E-state index in [4.69, 9.17) is 19.3 Å². The summed E-state index contributed by atoms with van der Waals surface area (Å²) in [6.45, 7) is 7.33. The van der Waals surface area contributed by atoms with Gasteiger partial charge < -0.3 is 14.7 Å². The minimum absolute atomic E-state index is 0.229. The van der Waals surface area contributed by atoms with E-state index in [-0.39, 0.29) is 11.9 Å². The van der Waals surface area contributed by atoms with E-state index in [9.17, 15) is 5.11 Å². The molecule has 2 aromatic rings. The standard InChI is InChI=1S/C17H21N3O2.CO2/c1-3-15-12(2)17(20-7-9-22-10-8-20)19-16(18-15)13-5-4-6-14(21)11-13;2-1-3/h4-6,11,21H,3,7-10H2,1-2H3;. The predicted molar refractivity (Wildman–Crippen MR) is 91.3 cm³/mol. The molecular formula is C18H21N3O4. The molecule has 0 aliphatic carbocycles. The average Bonchev–Trinajstić information content (AvgIpc) is 2.63. The molecule has 25 heavy (non-hydrogen) atoms. The van der Waals surface area contributed by atoms with Crippen molar-refractivity contribution in [2.75, 3.05) is 31.2 Å². The molecule has 1 fully saturated rings. The van der Waals surface area contributed by atoms with Gasteiger partial charge in [-0.3, -0.25) is 0 Å². The first-order valence-corrected chi connectivity index (χ1v) is 8.09. The summed E-state index contributed by atoms with van der Waals surface area (Å²) in [6, 6.07) is 7.09. The van der Waals surface area contributed by atoms with Crippen molar-refractivity contribution in [1.82, 2.24) is 9.97 Å². The lowest BCUT2D eigenvalue weighted by Gasteiger charge is -2.29. The Balaban J connectivity index is 0.000000701. The normalized spacial score (nSPS) is 13.6. The minimum atomic E-state index is 0.229. The second-order valence-electron chi connectivity index (χ2n) is 5.53. The summed E-state index contributed by atoms with van der Waals surface area (Å²) in [5.41, 5.74) is 3.02. The maximum atomic E-state index is 9.69. The van der Waals surface area contributed by atoms with Gasteiger partial charge in [-0.25, -0.2) is 9.97 Å². The third kappa shape index (κ3) is 4.62. The van der Waals surface area contributed by atoms with Gasteiger partial charge in [-0.1, -0.05) is 19.1 Å². The van der Waals surface area contributed by atoms with Crippen LogP contribution in [0.2, 0.25) is 0 Å². The number of hydrogen-bond donors (Lipinski definition) is 1. The number of carbonyl (C=O) groups excluding carboxylic acids is 2. The smallest absolute Gasteiger partial charge is 0.373 e. The van der Waals surface area contributed by atoms with Crippen LogP contribution in [0.3, 0.4) is 0 Å². The highest BCUT2D eigenvalue weighted by molar-refractivity contribution is 5.62. The van der Waals surface area contributed by atoms with Crippen LogP contribution in [-0.2, 0) is 20.7 Å². The van der Waals surface area contributed by atoms with Crippen LogP contribution >= 0.6 is 0 Å². The van der Waals surface area contributed by atoms with Gasteiger partial charge in [0.1, 0.15) is 11.6 Å². The van der Waals surface area contributed by atoms with E-state index in [1.165, 1.54) is 0 Å². The zero-order valence-electron chi connectivity index (χ0n) is 14.4. The summed E-state index contributed by atoms with van der Waals surface area (Å²) in [5, 5.41) is 9.69. The first kappa shape index (κ1) is 18.6. The third-order valence-electron chi connectivity index (χ3n) is 3.97. The molecule has 1 N–H and O–H groups in total. The lowest BCUT2D eigenvalue weighted by atomic mass is 10.1. The van der Waals surface area contributed by atoms with Crippen molar-refractivity contribution >= 4 is 12.0 Å². The molecule has 2 heterocycles. The van der Waals surface area contributed by atoms with Crippen LogP contribution in [0.4, 0.5) is 5.82 Å². The first-order valence-electron chi connectivity index (χ1n) is 8.09. The Morgan fingerprint density at radius 3 is 2.52 bits per heavy atom. The van der Waals surface area contributed by atoms with Gasteiger partial charge in [-0.2, -0.15) is 9.59 Å². The number of phenols is 1. The van der Waals surface area contributed by atoms with Crippen LogP contribution in [0.1, 0.15) is 18.2 Å². The van der Waals surface area contributed by atoms with Crippen LogP contribution in [-0.4, -0.2) is 47.5 Å². The average molecular weight is 343 g/mol. The molecule has 7 nitrogen and oxygen atoms in total. The molecule has 1 saturated heterocycles. The van der Waals surface area contributed by atoms with Crippen molar-refractivity contribution in [3.63, 3.8) is 0 Å². The molecule has 3 rings (SSSR count). The number of aryl methyl sites for hydroxylation is 1. The molecule has 0 amide bonds. The Morgan fingerprint density at radius 2 is 1.92 bits per heavy atom. The van der Waals surface area contributed by atoms with Crippen LogP contribution in [0.15, 0.2) is 24.3 Å². The number of aromatic nitrogens is 2. The topological polar surface area (TPSA) is 92.6 Å². The monoisotopic (exact) mass is 343 g/mol. The van der Waals surface area contributed by atoms with Crippen molar-refractivity contribution < 1.29 is 19.4 Å². The van der Waals surface area contributed by atoms with Gasteiger partial charge in [-0.15, -0.1) is 0 Å². The van der Waals surface area contributed by atoms with E-state index < -0.39 is 0 Å². The van der Waals surface area contributed by atoms with Gasteiger partial charge in [-0.05, 0) is 25.5 Å². The quantitative estimate of drug-likeness (QED) is 0.911. The van der Waals surface area contributed by atoms with Crippen molar-refractivity contribution in [3.05, 3.63) is 35.5 Å². The highest BCUT2D eigenvalue weighted by Gasteiger charge is 2.19. The Labute approximate surface area is 146 Å². The number of nitrogens with zero attached hydrogens (tertiary/aromatic N) is 3. The number of benzene rings is 1. The molecule has 0 atom stereocenters. The summed E-state index contributed by atoms with van der Waals surface area (Å²) in [6.07, 6.45) is 1.11. The molecule has 132 valence electrons. The highest BCUT2D eigenvalue weighted by atomic mass is 16.5. The molecule has 1 aromatic carbocycles. The summed E-state index contributed by atoms with van der Waals surface area (Å²) in [7, 11) is 0. The van der Waals surface area contributed by atoms with Crippen LogP contribution in [0, 0.1) is 6.92 Å². The van der Waals surface area contributed by atoms with E-state index in [0.717, 1.165) is 55.4 Å². The van der Waals surface area contributed by atoms with Crippen molar-refractivity contribution in [2.45, 2.75) is 20.3 Å². The fourth-order valence-corrected chi connectivity index (χ4v) is 2.75. The Kier molecular flexibility index (Phi) is 6.62. The predicted octanol–water partition coefficient (Wildman–Crippen LogP) is 1.97. The van der Waals surface area contributed by atoms with Crippen LogP contribution in [0.25, 0.3) is 11.4 Å². The molecule has 1 aromatic heterocycles. The van der Waals surface area contributed by atoms with Crippen molar-refractivity contribution in [1.29, 1.82) is 0 Å². The molecular weight excluding hydrogens is 322 g/mol. The maximum absolute atomic E-state index is 9.69. The fourth-order valence-electron chi connectivity index (χ4n) is 2.75. The molecule has 1 aliphatic rings. The third-order valence-corrected chi connectivity index (χ3v) is 3.97. The number of ether oxygens (including phenoxy) is 1. The van der Waals surface area contributed by atoms with Gasteiger partial charge in [0, 0.05) is 29.9 Å². The summed E-state index contributed by atoms with van der Waals surface area (Å²) < 4.78 is 5.43. The zero-order valence-corrected chi connectivity index (χ0v) is 14.4. The lowest BCUT2D eigenvalue weighted by Crippen LogP contribution is -2.37. The molecule has 0 bridgehead atoms. The number of phenolic OH excluding ortho intramolecular Hbond substituents is 1. The number of hydrogen-bond acceptors (Lipinski definition) is 7. The fraction of sp³-hybridized carbons (Fsp3) is 0.389. The largest absolute Gasteiger partial charge is 0.508 e. The first-order chi connectivity index (χ1) is 12.1. The van der Waals surface area contributed by atoms with E-state index in [2.05, 4.69) is 23.7 Å². The Bertz CT molecular complexity index is 752. The van der Waals surface area contributed by atoms with Crippen molar-refractivity contribution in [3.8, 4) is 17.1 Å². The van der Waals surface area contributed by atoms with Crippen LogP contribution in [0.5, 0.6) is 5.75 Å². The summed E-state index contributed by atoms with van der Waals surface area (Å²) >= 11 is 0. The summed E-state index contributed by atoms with van der Waals surface area (Å²) in [5.74, 6) is 1.88. The number of anilines is 1. The number of rotatable bonds is 3. The zero-order chi connectivity index (χ0) is 18.2. The van der Waals surface area contributed by atoms with Gasteiger partial charge in [0.15, 0.2) is 5.82 Å². The summed E-state index contributed by atoms with van der Waals surface area (Å²) in [4.78, 5) is 27.9. The SMILES string of the molecule is CCc1nc(-c2cccc(O)c2)nc(N2CCOCC2)c1C.O=C=O. The maximum Gasteiger partial charge on any atom is 0.373 e. The molecule has 7 heteroatoms. The highest BCUT2D eigenvalue weighted by Crippen LogP contribution is 2.27. The number of morpholine rings is 1. The van der Waals surface area contributed by atoms with E-state index in [0.29, 0.717) is 5.82 Å². The second kappa shape index (κ2) is 8.92. The lowest BCUT2D eigenvalue weighted by molar-refractivity contribution is -0.191. The van der Waals surface area contributed by atoms with E-state index >= 15 is 0 Å². The molecule has 0 saturated carbocycles. The van der Waals surface area contributed by atoms with E-state index in [1.54, 1.807) is 12.1 Å². The van der Waals surface area contributed by atoms with Gasteiger partial charge >= 0.3 is 6.15 Å². The van der Waals surface area contributed by atoms with Gasteiger partial charge in [0.05, 0.1) is 13.2 Å². The Morgan fingerprint density at radius 1 is 1.24 bits per heavy atom. The molecule has 0 spiro atoms. The molecule has 0 unspecified atom stereocenters. The minimum Gasteiger partial charge on any atom is -0.508 e. The van der Waals surface area contributed by atoms with E-state index in [1.807, 2.05) is 12.1 Å².